The summed E-state index contributed by atoms with van der Waals surface area (Å²) in [6.07, 6.45) is 4.97. The molecule has 7 heteroatoms. The van der Waals surface area contributed by atoms with Gasteiger partial charge in [0.1, 0.15) is 5.69 Å². The van der Waals surface area contributed by atoms with Crippen LogP contribution in [0.15, 0.2) is 41.2 Å². The molecule has 7 nitrogen and oxygen atoms in total. The van der Waals surface area contributed by atoms with Gasteiger partial charge in [0, 0.05) is 25.2 Å². The molecule has 3 aromatic rings. The Morgan fingerprint density at radius 2 is 1.83 bits per heavy atom. The summed E-state index contributed by atoms with van der Waals surface area (Å²) < 4.78 is 5.38. The zero-order valence-electron chi connectivity index (χ0n) is 17.0. The Morgan fingerprint density at radius 3 is 2.48 bits per heavy atom. The van der Waals surface area contributed by atoms with Gasteiger partial charge in [-0.25, -0.2) is 4.98 Å². The SMILES string of the molecule is Cc1ccc(C(C)C(=O)N2CCC(c3noc(-c4cnc(C)cn4)n3)CC2)cc1. The fourth-order valence-electron chi connectivity index (χ4n) is 3.64. The molecule has 1 aliphatic heterocycles. The number of carbonyl (C=O) groups excluding carboxylic acids is 1. The van der Waals surface area contributed by atoms with Crippen LogP contribution in [0.2, 0.25) is 0 Å². The van der Waals surface area contributed by atoms with Crippen molar-refractivity contribution in [2.24, 2.45) is 0 Å². The average molecular weight is 391 g/mol. The molecule has 3 heterocycles. The van der Waals surface area contributed by atoms with Crippen LogP contribution in [-0.4, -0.2) is 44.0 Å². The zero-order valence-corrected chi connectivity index (χ0v) is 17.0. The second kappa shape index (κ2) is 8.11. The summed E-state index contributed by atoms with van der Waals surface area (Å²) >= 11 is 0. The summed E-state index contributed by atoms with van der Waals surface area (Å²) in [5.41, 5.74) is 3.68. The van der Waals surface area contributed by atoms with Crippen molar-refractivity contribution in [3.05, 3.63) is 59.3 Å². The van der Waals surface area contributed by atoms with Gasteiger partial charge in [-0.05, 0) is 39.2 Å². The molecular formula is C22H25N5O2. The van der Waals surface area contributed by atoms with Crippen LogP contribution in [-0.2, 0) is 4.79 Å². The molecule has 1 fully saturated rings. The summed E-state index contributed by atoms with van der Waals surface area (Å²) in [6, 6.07) is 8.19. The van der Waals surface area contributed by atoms with Gasteiger partial charge in [0.2, 0.25) is 5.91 Å². The lowest BCUT2D eigenvalue weighted by atomic mass is 9.93. The number of nitrogens with zero attached hydrogens (tertiary/aromatic N) is 5. The predicted octanol–water partition coefficient (Wildman–Crippen LogP) is 3.65. The highest BCUT2D eigenvalue weighted by molar-refractivity contribution is 5.83. The molecular weight excluding hydrogens is 366 g/mol. The van der Waals surface area contributed by atoms with Crippen molar-refractivity contribution < 1.29 is 9.32 Å². The number of amides is 1. The number of aromatic nitrogens is 4. The van der Waals surface area contributed by atoms with Crippen LogP contribution in [0.3, 0.4) is 0 Å². The summed E-state index contributed by atoms with van der Waals surface area (Å²) in [6.45, 7) is 7.32. The van der Waals surface area contributed by atoms with Crippen molar-refractivity contribution in [2.75, 3.05) is 13.1 Å². The van der Waals surface area contributed by atoms with Crippen molar-refractivity contribution in [3.63, 3.8) is 0 Å². The summed E-state index contributed by atoms with van der Waals surface area (Å²) in [5.74, 6) is 1.30. The number of benzene rings is 1. The molecule has 1 saturated heterocycles. The molecule has 0 radical (unpaired) electrons. The Labute approximate surface area is 170 Å². The fraction of sp³-hybridized carbons (Fsp3) is 0.409. The first-order chi connectivity index (χ1) is 14.0. The van der Waals surface area contributed by atoms with Gasteiger partial charge in [-0.3, -0.25) is 9.78 Å². The lowest BCUT2D eigenvalue weighted by molar-refractivity contribution is -0.133. The van der Waals surface area contributed by atoms with E-state index < -0.39 is 0 Å². The van der Waals surface area contributed by atoms with E-state index in [2.05, 4.69) is 39.2 Å². The van der Waals surface area contributed by atoms with Gasteiger partial charge >= 0.3 is 0 Å². The molecule has 1 unspecified atom stereocenters. The smallest absolute Gasteiger partial charge is 0.278 e. The fourth-order valence-corrected chi connectivity index (χ4v) is 3.64. The standard InChI is InChI=1S/C22H25N5O2/c1-14-4-6-17(7-5-14)16(3)22(28)27-10-8-18(9-11-27)20-25-21(29-26-20)19-13-23-15(2)12-24-19/h4-7,12-13,16,18H,8-11H2,1-3H3. The first-order valence-electron chi connectivity index (χ1n) is 9.99. The van der Waals surface area contributed by atoms with Crippen molar-refractivity contribution in [3.8, 4) is 11.6 Å². The van der Waals surface area contributed by atoms with E-state index in [1.54, 1.807) is 12.4 Å². The summed E-state index contributed by atoms with van der Waals surface area (Å²) in [7, 11) is 0. The molecule has 150 valence electrons. The van der Waals surface area contributed by atoms with Crippen molar-refractivity contribution in [1.29, 1.82) is 0 Å². The highest BCUT2D eigenvalue weighted by Crippen LogP contribution is 2.29. The number of aryl methyl sites for hydroxylation is 2. The maximum absolute atomic E-state index is 12.9. The molecule has 1 atom stereocenters. The Hall–Kier alpha value is -3.09. The third kappa shape index (κ3) is 4.18. The summed E-state index contributed by atoms with van der Waals surface area (Å²) in [4.78, 5) is 27.9. The highest BCUT2D eigenvalue weighted by atomic mass is 16.5. The third-order valence-corrected chi connectivity index (χ3v) is 5.56. The molecule has 2 aromatic heterocycles. The minimum atomic E-state index is -0.135. The van der Waals surface area contributed by atoms with E-state index >= 15 is 0 Å². The normalized spacial score (nSPS) is 16.0. The second-order valence-electron chi connectivity index (χ2n) is 7.73. The molecule has 0 aliphatic carbocycles. The number of rotatable bonds is 4. The number of hydrogen-bond acceptors (Lipinski definition) is 6. The van der Waals surface area contributed by atoms with E-state index in [1.807, 2.05) is 30.9 Å². The van der Waals surface area contributed by atoms with Crippen LogP contribution in [0.4, 0.5) is 0 Å². The van der Waals surface area contributed by atoms with Crippen molar-refractivity contribution in [1.82, 2.24) is 25.0 Å². The Bertz CT molecular complexity index is 973. The Kier molecular flexibility index (Phi) is 5.38. The highest BCUT2D eigenvalue weighted by Gasteiger charge is 2.29. The molecule has 0 spiro atoms. The quantitative estimate of drug-likeness (QED) is 0.675. The van der Waals surface area contributed by atoms with Crippen molar-refractivity contribution in [2.45, 2.75) is 45.4 Å². The van der Waals surface area contributed by atoms with E-state index in [9.17, 15) is 4.79 Å². The minimum Gasteiger partial charge on any atom is -0.342 e. The monoisotopic (exact) mass is 391 g/mol. The summed E-state index contributed by atoms with van der Waals surface area (Å²) in [5, 5.41) is 4.14. The van der Waals surface area contributed by atoms with Gasteiger partial charge in [-0.1, -0.05) is 35.0 Å². The van der Waals surface area contributed by atoms with Crippen LogP contribution in [0.1, 0.15) is 54.2 Å². The Balaban J connectivity index is 1.37. The molecule has 29 heavy (non-hydrogen) atoms. The average Bonchev–Trinajstić information content (AvgIpc) is 3.24. The number of likely N-dealkylation sites (tertiary alicyclic amines) is 1. The maximum atomic E-state index is 12.9. The first kappa shape index (κ1) is 19.2. The van der Waals surface area contributed by atoms with Crippen LogP contribution in [0.5, 0.6) is 0 Å². The maximum Gasteiger partial charge on any atom is 0.278 e. The molecule has 1 amide bonds. The molecule has 4 rings (SSSR count). The van der Waals surface area contributed by atoms with Crippen LogP contribution < -0.4 is 0 Å². The number of hydrogen-bond donors (Lipinski definition) is 0. The predicted molar refractivity (Wildman–Crippen MR) is 108 cm³/mol. The molecule has 1 aliphatic rings. The molecule has 0 bridgehead atoms. The third-order valence-electron chi connectivity index (χ3n) is 5.56. The van der Waals surface area contributed by atoms with E-state index in [0.29, 0.717) is 30.5 Å². The van der Waals surface area contributed by atoms with Crippen LogP contribution in [0, 0.1) is 13.8 Å². The van der Waals surface area contributed by atoms with Crippen LogP contribution in [0.25, 0.3) is 11.6 Å². The van der Waals surface area contributed by atoms with Gasteiger partial charge in [0.15, 0.2) is 5.82 Å². The molecule has 0 N–H and O–H groups in total. The van der Waals surface area contributed by atoms with Crippen LogP contribution >= 0.6 is 0 Å². The van der Waals surface area contributed by atoms with E-state index in [0.717, 1.165) is 24.1 Å². The number of piperidine rings is 1. The zero-order chi connectivity index (χ0) is 20.4. The van der Waals surface area contributed by atoms with E-state index in [1.165, 1.54) is 5.56 Å². The Morgan fingerprint density at radius 1 is 1.10 bits per heavy atom. The topological polar surface area (TPSA) is 85.0 Å². The second-order valence-corrected chi connectivity index (χ2v) is 7.73. The lowest BCUT2D eigenvalue weighted by Gasteiger charge is -2.32. The lowest BCUT2D eigenvalue weighted by Crippen LogP contribution is -2.40. The van der Waals surface area contributed by atoms with Gasteiger partial charge < -0.3 is 9.42 Å². The van der Waals surface area contributed by atoms with Gasteiger partial charge in [0.25, 0.3) is 5.89 Å². The van der Waals surface area contributed by atoms with Gasteiger partial charge in [-0.2, -0.15) is 4.98 Å². The van der Waals surface area contributed by atoms with Gasteiger partial charge in [-0.15, -0.1) is 0 Å². The molecule has 1 aromatic carbocycles. The first-order valence-corrected chi connectivity index (χ1v) is 9.99. The molecule has 0 saturated carbocycles. The van der Waals surface area contributed by atoms with Crippen molar-refractivity contribution >= 4 is 5.91 Å². The van der Waals surface area contributed by atoms with E-state index in [4.69, 9.17) is 4.52 Å². The minimum absolute atomic E-state index is 0.135. The largest absolute Gasteiger partial charge is 0.342 e. The number of carbonyl (C=O) groups is 1. The van der Waals surface area contributed by atoms with E-state index in [-0.39, 0.29) is 17.7 Å². The van der Waals surface area contributed by atoms with Gasteiger partial charge in [0.05, 0.1) is 17.8 Å².